The Morgan fingerprint density at radius 3 is 2.48 bits per heavy atom. The highest BCUT2D eigenvalue weighted by atomic mass is 15.4. The lowest BCUT2D eigenvalue weighted by Crippen LogP contribution is -2.16. The fourth-order valence-electron chi connectivity index (χ4n) is 3.98. The predicted octanol–water partition coefficient (Wildman–Crippen LogP) is 2.90. The van der Waals surface area contributed by atoms with Crippen LogP contribution >= 0.6 is 0 Å². The van der Waals surface area contributed by atoms with E-state index < -0.39 is 0 Å². The van der Waals surface area contributed by atoms with Gasteiger partial charge >= 0.3 is 0 Å². The Morgan fingerprint density at radius 1 is 1.00 bits per heavy atom. The molecule has 5 rings (SSSR count). The van der Waals surface area contributed by atoms with Gasteiger partial charge in [-0.15, -0.1) is 5.10 Å². The van der Waals surface area contributed by atoms with Gasteiger partial charge < -0.3 is 9.47 Å². The van der Waals surface area contributed by atoms with Gasteiger partial charge in [-0.05, 0) is 32.4 Å². The quantitative estimate of drug-likeness (QED) is 0.535. The highest BCUT2D eigenvalue weighted by molar-refractivity contribution is 5.76. The lowest BCUT2D eigenvalue weighted by atomic mass is 10.2. The van der Waals surface area contributed by atoms with Crippen LogP contribution in [0.25, 0.3) is 16.9 Å². The second-order valence-corrected chi connectivity index (χ2v) is 7.93. The van der Waals surface area contributed by atoms with Gasteiger partial charge in [-0.3, -0.25) is 0 Å². The average molecular weight is 388 g/mol. The molecule has 0 saturated heterocycles. The molecule has 0 amide bonds. The van der Waals surface area contributed by atoms with Crippen molar-refractivity contribution in [1.82, 2.24) is 34.3 Å². The highest BCUT2D eigenvalue weighted by Gasteiger charge is 2.44. The number of para-hydroxylation sites is 2. The number of rotatable bonds is 4. The van der Waals surface area contributed by atoms with E-state index in [1.165, 1.54) is 5.52 Å². The van der Waals surface area contributed by atoms with Crippen molar-refractivity contribution in [1.29, 1.82) is 0 Å². The molecule has 8 nitrogen and oxygen atoms in total. The summed E-state index contributed by atoms with van der Waals surface area (Å²) in [6, 6.07) is 10.3. The van der Waals surface area contributed by atoms with Crippen molar-refractivity contribution in [2.75, 3.05) is 19.0 Å². The number of aryl methyl sites for hydroxylation is 3. The SMILES string of the molecule is Cc1nc(C)n(-c2cc([C@@H]3C[C@H]3c3nc4ccccc4n3C)nc(N(C)C)n2)n1. The molecule has 1 aliphatic carbocycles. The fourth-order valence-corrected chi connectivity index (χ4v) is 3.98. The van der Waals surface area contributed by atoms with Crippen molar-refractivity contribution in [3.8, 4) is 5.82 Å². The molecule has 1 saturated carbocycles. The van der Waals surface area contributed by atoms with Crippen LogP contribution < -0.4 is 4.90 Å². The van der Waals surface area contributed by atoms with Crippen molar-refractivity contribution in [3.05, 3.63) is 53.5 Å². The van der Waals surface area contributed by atoms with Crippen molar-refractivity contribution in [2.24, 2.45) is 7.05 Å². The second kappa shape index (κ2) is 6.37. The Labute approximate surface area is 169 Å². The van der Waals surface area contributed by atoms with Crippen molar-refractivity contribution in [3.63, 3.8) is 0 Å². The van der Waals surface area contributed by atoms with Gasteiger partial charge in [-0.2, -0.15) is 9.67 Å². The Bertz CT molecular complexity index is 1220. The number of hydrogen-bond donors (Lipinski definition) is 0. The predicted molar refractivity (Wildman–Crippen MR) is 112 cm³/mol. The summed E-state index contributed by atoms with van der Waals surface area (Å²) in [5, 5.41) is 4.50. The number of nitrogens with zero attached hydrogens (tertiary/aromatic N) is 8. The van der Waals surface area contributed by atoms with Crippen molar-refractivity contribution >= 4 is 17.0 Å². The van der Waals surface area contributed by atoms with Gasteiger partial charge in [0.05, 0.1) is 16.7 Å². The Balaban J connectivity index is 1.54. The number of imidazole rings is 1. The van der Waals surface area contributed by atoms with Crippen LogP contribution in [-0.4, -0.2) is 48.4 Å². The summed E-state index contributed by atoms with van der Waals surface area (Å²) in [5.74, 6) is 4.81. The van der Waals surface area contributed by atoms with E-state index in [4.69, 9.17) is 15.0 Å². The maximum absolute atomic E-state index is 4.89. The molecule has 1 aromatic carbocycles. The van der Waals surface area contributed by atoms with Crippen LogP contribution in [-0.2, 0) is 7.05 Å². The van der Waals surface area contributed by atoms with Crippen LogP contribution in [0.1, 0.15) is 41.4 Å². The minimum atomic E-state index is 0.330. The normalized spacial score (nSPS) is 18.4. The number of anilines is 1. The smallest absolute Gasteiger partial charge is 0.227 e. The molecule has 1 fully saturated rings. The van der Waals surface area contributed by atoms with Gasteiger partial charge in [0, 0.05) is 39.0 Å². The fraction of sp³-hybridized carbons (Fsp3) is 0.381. The first-order valence-electron chi connectivity index (χ1n) is 9.80. The van der Waals surface area contributed by atoms with Gasteiger partial charge in [0.1, 0.15) is 17.5 Å². The number of hydrogen-bond acceptors (Lipinski definition) is 6. The van der Waals surface area contributed by atoms with E-state index in [9.17, 15) is 0 Å². The zero-order valence-electron chi connectivity index (χ0n) is 17.3. The first-order valence-corrected chi connectivity index (χ1v) is 9.80. The van der Waals surface area contributed by atoms with Crippen molar-refractivity contribution in [2.45, 2.75) is 32.1 Å². The van der Waals surface area contributed by atoms with Crippen LogP contribution in [0.3, 0.4) is 0 Å². The maximum atomic E-state index is 4.89. The average Bonchev–Trinajstić information content (AvgIpc) is 3.33. The summed E-state index contributed by atoms with van der Waals surface area (Å²) in [7, 11) is 6.01. The second-order valence-electron chi connectivity index (χ2n) is 7.93. The van der Waals surface area contributed by atoms with Gasteiger partial charge in [0.15, 0.2) is 5.82 Å². The molecule has 3 aromatic heterocycles. The van der Waals surface area contributed by atoms with E-state index in [-0.39, 0.29) is 0 Å². The first kappa shape index (κ1) is 17.8. The Kier molecular flexibility index (Phi) is 3.90. The number of fused-ring (bicyclic) bond motifs is 1. The molecule has 3 heterocycles. The summed E-state index contributed by atoms with van der Waals surface area (Å²) in [6.45, 7) is 3.83. The lowest BCUT2D eigenvalue weighted by Gasteiger charge is -2.14. The van der Waals surface area contributed by atoms with Gasteiger partial charge in [-0.1, -0.05) is 12.1 Å². The van der Waals surface area contributed by atoms with Crippen LogP contribution in [0.2, 0.25) is 0 Å². The molecule has 0 aliphatic heterocycles. The third-order valence-corrected chi connectivity index (χ3v) is 5.54. The molecular weight excluding hydrogens is 364 g/mol. The standard InChI is InChI=1S/C21H24N8/c1-12-22-13(2)29(26-12)19-11-17(24-21(25-19)27(3)4)14-10-15(14)20-23-16-8-6-7-9-18(16)28(20)5/h6-9,11,14-15H,10H2,1-5H3/t14-,15-/m1/s1. The summed E-state index contributed by atoms with van der Waals surface area (Å²) in [4.78, 5) is 20.8. The largest absolute Gasteiger partial charge is 0.347 e. The first-order chi connectivity index (χ1) is 13.9. The van der Waals surface area contributed by atoms with Crippen LogP contribution in [0.15, 0.2) is 30.3 Å². The monoisotopic (exact) mass is 388 g/mol. The molecule has 0 bridgehead atoms. The van der Waals surface area contributed by atoms with E-state index >= 15 is 0 Å². The maximum Gasteiger partial charge on any atom is 0.227 e. The minimum absolute atomic E-state index is 0.330. The third-order valence-electron chi connectivity index (χ3n) is 5.54. The highest BCUT2D eigenvalue weighted by Crippen LogP contribution is 2.54. The Hall–Kier alpha value is -3.29. The third kappa shape index (κ3) is 2.95. The molecule has 4 aromatic rings. The van der Waals surface area contributed by atoms with Crippen molar-refractivity contribution < 1.29 is 0 Å². The van der Waals surface area contributed by atoms with E-state index in [0.717, 1.165) is 40.9 Å². The van der Waals surface area contributed by atoms with Crippen LogP contribution in [0.5, 0.6) is 0 Å². The number of aromatic nitrogens is 7. The summed E-state index contributed by atoms with van der Waals surface area (Å²) in [6.07, 6.45) is 1.04. The molecule has 0 spiro atoms. The molecule has 2 atom stereocenters. The zero-order chi connectivity index (χ0) is 20.3. The van der Waals surface area contributed by atoms with Crippen LogP contribution in [0.4, 0.5) is 5.95 Å². The summed E-state index contributed by atoms with van der Waals surface area (Å²) < 4.78 is 4.00. The lowest BCUT2D eigenvalue weighted by molar-refractivity contribution is 0.773. The molecule has 0 N–H and O–H groups in total. The van der Waals surface area contributed by atoms with Gasteiger partial charge in [0.25, 0.3) is 0 Å². The molecule has 1 aliphatic rings. The van der Waals surface area contributed by atoms with E-state index in [1.54, 1.807) is 4.68 Å². The molecule has 0 unspecified atom stereocenters. The van der Waals surface area contributed by atoms with E-state index in [0.29, 0.717) is 17.8 Å². The molecular formula is C21H24N8. The van der Waals surface area contributed by atoms with Gasteiger partial charge in [0.2, 0.25) is 5.95 Å². The van der Waals surface area contributed by atoms with E-state index in [1.807, 2.05) is 45.0 Å². The molecule has 8 heteroatoms. The van der Waals surface area contributed by atoms with Gasteiger partial charge in [-0.25, -0.2) is 15.0 Å². The zero-order valence-corrected chi connectivity index (χ0v) is 17.3. The summed E-state index contributed by atoms with van der Waals surface area (Å²) in [5.41, 5.74) is 3.24. The Morgan fingerprint density at radius 2 is 1.79 bits per heavy atom. The van der Waals surface area contributed by atoms with Crippen LogP contribution in [0, 0.1) is 13.8 Å². The molecule has 148 valence electrons. The van der Waals surface area contributed by atoms with E-state index in [2.05, 4.69) is 39.9 Å². The molecule has 29 heavy (non-hydrogen) atoms. The number of benzene rings is 1. The summed E-state index contributed by atoms with van der Waals surface area (Å²) >= 11 is 0. The molecule has 0 radical (unpaired) electrons. The topological polar surface area (TPSA) is 77.5 Å². The minimum Gasteiger partial charge on any atom is -0.347 e.